The molecular weight excluding hydrogens is 358 g/mol. The van der Waals surface area contributed by atoms with Gasteiger partial charge in [0.1, 0.15) is 0 Å². The molecule has 0 unspecified atom stereocenters. The molecule has 2 aromatic rings. The molecule has 0 aromatic heterocycles. The van der Waals surface area contributed by atoms with Gasteiger partial charge in [0.15, 0.2) is 0 Å². The number of likely N-dealkylation sites (tertiary alicyclic amines) is 1. The maximum atomic E-state index is 12.5. The van der Waals surface area contributed by atoms with E-state index in [0.717, 1.165) is 36.7 Å². The number of carbonyl (C=O) groups is 1. The average molecular weight is 392 g/mol. The first-order valence-electron chi connectivity index (χ1n) is 11.1. The van der Waals surface area contributed by atoms with E-state index in [1.54, 1.807) is 0 Å². The molecule has 2 saturated heterocycles. The van der Waals surface area contributed by atoms with E-state index in [9.17, 15) is 4.79 Å². The molecule has 4 heteroatoms. The number of hydrogen-bond donors (Lipinski definition) is 1. The summed E-state index contributed by atoms with van der Waals surface area (Å²) in [6.07, 6.45) is 5.15. The molecule has 0 aliphatic carbocycles. The van der Waals surface area contributed by atoms with Crippen LogP contribution in [0.15, 0.2) is 48.5 Å². The fourth-order valence-electron chi connectivity index (χ4n) is 4.32. The minimum atomic E-state index is -0.00744. The summed E-state index contributed by atoms with van der Waals surface area (Å²) < 4.78 is 0. The maximum absolute atomic E-state index is 12.5. The Bertz CT molecular complexity index is 786. The van der Waals surface area contributed by atoms with Gasteiger partial charge in [0, 0.05) is 37.4 Å². The van der Waals surface area contributed by atoms with Crippen molar-refractivity contribution in [1.82, 2.24) is 10.2 Å². The first kappa shape index (κ1) is 20.0. The van der Waals surface area contributed by atoms with Gasteiger partial charge in [-0.2, -0.15) is 0 Å². The monoisotopic (exact) mass is 391 g/mol. The fourth-order valence-corrected chi connectivity index (χ4v) is 4.32. The molecule has 0 radical (unpaired) electrons. The molecule has 4 nitrogen and oxygen atoms in total. The van der Waals surface area contributed by atoms with Crippen molar-refractivity contribution in [2.24, 2.45) is 5.92 Å². The quantitative estimate of drug-likeness (QED) is 0.790. The van der Waals surface area contributed by atoms with Gasteiger partial charge < -0.3 is 10.2 Å². The molecule has 1 N–H and O–H groups in total. The fraction of sp³-hybridized carbons (Fsp3) is 0.480. The Labute approximate surface area is 174 Å². The third-order valence-corrected chi connectivity index (χ3v) is 6.36. The van der Waals surface area contributed by atoms with E-state index in [4.69, 9.17) is 0 Å². The summed E-state index contributed by atoms with van der Waals surface area (Å²) in [7, 11) is 0. The van der Waals surface area contributed by atoms with Crippen LogP contribution < -0.4 is 10.2 Å². The molecule has 29 heavy (non-hydrogen) atoms. The van der Waals surface area contributed by atoms with Crippen molar-refractivity contribution in [1.29, 1.82) is 0 Å². The summed E-state index contributed by atoms with van der Waals surface area (Å²) in [6.45, 7) is 8.56. The topological polar surface area (TPSA) is 35.6 Å². The lowest BCUT2D eigenvalue weighted by atomic mass is 9.99. The molecule has 0 atom stereocenters. The summed E-state index contributed by atoms with van der Waals surface area (Å²) in [6, 6.07) is 16.7. The van der Waals surface area contributed by atoms with Crippen molar-refractivity contribution in [2.45, 2.75) is 45.7 Å². The smallest absolute Gasteiger partial charge is 0.251 e. The molecular formula is C25H33N3O. The zero-order valence-corrected chi connectivity index (χ0v) is 17.6. The van der Waals surface area contributed by atoms with E-state index in [2.05, 4.69) is 58.4 Å². The second kappa shape index (κ2) is 9.45. The number of benzene rings is 2. The summed E-state index contributed by atoms with van der Waals surface area (Å²) in [5.41, 5.74) is 4.44. The molecule has 2 aliphatic rings. The van der Waals surface area contributed by atoms with Crippen LogP contribution in [-0.4, -0.2) is 37.0 Å². The lowest BCUT2D eigenvalue weighted by Gasteiger charge is -2.30. The molecule has 0 bridgehead atoms. The van der Waals surface area contributed by atoms with Crippen LogP contribution in [0, 0.1) is 5.92 Å². The van der Waals surface area contributed by atoms with Crippen molar-refractivity contribution < 1.29 is 4.79 Å². The van der Waals surface area contributed by atoms with Crippen molar-refractivity contribution in [3.05, 3.63) is 65.2 Å². The zero-order chi connectivity index (χ0) is 20.1. The van der Waals surface area contributed by atoms with Crippen LogP contribution >= 0.6 is 0 Å². The van der Waals surface area contributed by atoms with Crippen molar-refractivity contribution >= 4 is 11.6 Å². The molecule has 2 fully saturated rings. The second-order valence-corrected chi connectivity index (χ2v) is 8.70. The summed E-state index contributed by atoms with van der Waals surface area (Å²) in [5, 5.41) is 3.05. The zero-order valence-electron chi connectivity index (χ0n) is 17.6. The highest BCUT2D eigenvalue weighted by atomic mass is 16.1. The highest BCUT2D eigenvalue weighted by Gasteiger charge is 2.16. The van der Waals surface area contributed by atoms with Crippen LogP contribution in [0.5, 0.6) is 0 Å². The Kier molecular flexibility index (Phi) is 6.50. The minimum absolute atomic E-state index is 0.00744. The number of nitrogens with zero attached hydrogens (tertiary/aromatic N) is 2. The van der Waals surface area contributed by atoms with Crippen LogP contribution in [0.25, 0.3) is 0 Å². The first-order chi connectivity index (χ1) is 14.2. The van der Waals surface area contributed by atoms with Crippen LogP contribution in [0.4, 0.5) is 5.69 Å². The number of nitrogens with one attached hydrogen (secondary N) is 1. The van der Waals surface area contributed by atoms with Crippen molar-refractivity contribution in [3.8, 4) is 0 Å². The van der Waals surface area contributed by atoms with Crippen molar-refractivity contribution in [3.63, 3.8) is 0 Å². The maximum Gasteiger partial charge on any atom is 0.251 e. The Morgan fingerprint density at radius 2 is 1.52 bits per heavy atom. The molecule has 0 spiro atoms. The van der Waals surface area contributed by atoms with Crippen molar-refractivity contribution in [2.75, 3.05) is 31.1 Å². The Balaban J connectivity index is 1.26. The number of carbonyl (C=O) groups excluding carboxylic acids is 1. The molecule has 2 aromatic carbocycles. The van der Waals surface area contributed by atoms with Gasteiger partial charge in [-0.1, -0.05) is 31.2 Å². The van der Waals surface area contributed by atoms with E-state index >= 15 is 0 Å². The number of anilines is 1. The third-order valence-electron chi connectivity index (χ3n) is 6.36. The molecule has 4 rings (SSSR count). The molecule has 2 aliphatic heterocycles. The summed E-state index contributed by atoms with van der Waals surface area (Å²) >= 11 is 0. The van der Waals surface area contributed by atoms with Crippen LogP contribution in [-0.2, 0) is 13.1 Å². The van der Waals surface area contributed by atoms with Gasteiger partial charge in [0.2, 0.25) is 0 Å². The van der Waals surface area contributed by atoms with Gasteiger partial charge in [-0.15, -0.1) is 0 Å². The van der Waals surface area contributed by atoms with Crippen LogP contribution in [0.2, 0.25) is 0 Å². The van der Waals surface area contributed by atoms with Gasteiger partial charge in [0.05, 0.1) is 0 Å². The number of hydrogen-bond acceptors (Lipinski definition) is 3. The molecule has 0 saturated carbocycles. The van der Waals surface area contributed by atoms with Gasteiger partial charge in [-0.05, 0) is 80.1 Å². The van der Waals surface area contributed by atoms with E-state index in [1.165, 1.54) is 50.0 Å². The molecule has 2 heterocycles. The van der Waals surface area contributed by atoms with Gasteiger partial charge in [0.25, 0.3) is 5.91 Å². The van der Waals surface area contributed by atoms with E-state index in [-0.39, 0.29) is 5.91 Å². The van der Waals surface area contributed by atoms with Gasteiger partial charge >= 0.3 is 0 Å². The lowest BCUT2D eigenvalue weighted by Crippen LogP contribution is -2.32. The summed E-state index contributed by atoms with van der Waals surface area (Å²) in [5.74, 6) is 0.848. The first-order valence-corrected chi connectivity index (χ1v) is 11.1. The minimum Gasteiger partial charge on any atom is -0.372 e. The average Bonchev–Trinajstić information content (AvgIpc) is 3.29. The Hall–Kier alpha value is -2.33. The SMILES string of the molecule is CC1CCN(Cc2ccc(C(=O)NCc3ccc(N4CCCC4)cc3)cc2)CC1. The van der Waals surface area contributed by atoms with E-state index < -0.39 is 0 Å². The number of piperidine rings is 1. The van der Waals surface area contributed by atoms with Crippen LogP contribution in [0.3, 0.4) is 0 Å². The molecule has 154 valence electrons. The standard InChI is InChI=1S/C25H33N3O/c1-20-12-16-27(17-13-20)19-22-4-8-23(9-5-22)25(29)26-18-21-6-10-24(11-7-21)28-14-2-3-15-28/h4-11,20H,2-3,12-19H2,1H3,(H,26,29). The molecule has 1 amide bonds. The second-order valence-electron chi connectivity index (χ2n) is 8.70. The highest BCUT2D eigenvalue weighted by molar-refractivity contribution is 5.94. The third kappa shape index (κ3) is 5.39. The van der Waals surface area contributed by atoms with E-state index in [0.29, 0.717) is 6.54 Å². The largest absolute Gasteiger partial charge is 0.372 e. The Morgan fingerprint density at radius 3 is 2.17 bits per heavy atom. The lowest BCUT2D eigenvalue weighted by molar-refractivity contribution is 0.0951. The van der Waals surface area contributed by atoms with Crippen LogP contribution in [0.1, 0.15) is 54.1 Å². The predicted molar refractivity (Wildman–Crippen MR) is 119 cm³/mol. The predicted octanol–water partition coefficient (Wildman–Crippen LogP) is 4.45. The number of rotatable bonds is 6. The summed E-state index contributed by atoms with van der Waals surface area (Å²) in [4.78, 5) is 17.4. The van der Waals surface area contributed by atoms with Gasteiger partial charge in [-0.25, -0.2) is 0 Å². The normalized spacial score (nSPS) is 18.2. The van der Waals surface area contributed by atoms with E-state index in [1.807, 2.05) is 12.1 Å². The Morgan fingerprint density at radius 1 is 0.897 bits per heavy atom. The van der Waals surface area contributed by atoms with Gasteiger partial charge in [-0.3, -0.25) is 9.69 Å². The number of amides is 1. The highest BCUT2D eigenvalue weighted by Crippen LogP contribution is 2.21.